The molecule has 2 heterocycles. The minimum absolute atomic E-state index is 0.243. The minimum atomic E-state index is -0.243. The Morgan fingerprint density at radius 3 is 2.87 bits per heavy atom. The van der Waals surface area contributed by atoms with Crippen molar-refractivity contribution in [3.63, 3.8) is 0 Å². The van der Waals surface area contributed by atoms with Crippen molar-refractivity contribution in [2.24, 2.45) is 0 Å². The van der Waals surface area contributed by atoms with Crippen LogP contribution in [0.5, 0.6) is 0 Å². The highest BCUT2D eigenvalue weighted by Gasteiger charge is 2.08. The van der Waals surface area contributed by atoms with Crippen LogP contribution in [0.3, 0.4) is 0 Å². The molecule has 1 aromatic carbocycles. The molecule has 0 aliphatic carbocycles. The second-order valence-corrected chi connectivity index (χ2v) is 4.74. The van der Waals surface area contributed by atoms with Gasteiger partial charge >= 0.3 is 5.63 Å². The van der Waals surface area contributed by atoms with Crippen molar-refractivity contribution in [2.75, 3.05) is 0 Å². The topological polar surface area (TPSA) is 30.2 Å². The molecule has 0 spiro atoms. The van der Waals surface area contributed by atoms with E-state index in [9.17, 15) is 4.79 Å². The first kappa shape index (κ1) is 8.68. The number of rotatable bonds is 0. The third-order valence-electron chi connectivity index (χ3n) is 2.41. The van der Waals surface area contributed by atoms with Crippen molar-refractivity contribution in [3.05, 3.63) is 45.6 Å². The maximum Gasteiger partial charge on any atom is 0.345 e. The molecule has 2 nitrogen and oxygen atoms in total. The van der Waals surface area contributed by atoms with Crippen molar-refractivity contribution in [1.82, 2.24) is 0 Å². The predicted molar refractivity (Wildman–Crippen MR) is 62.6 cm³/mol. The van der Waals surface area contributed by atoms with Gasteiger partial charge in [0.2, 0.25) is 0 Å². The zero-order valence-corrected chi connectivity index (χ0v) is 8.93. The highest BCUT2D eigenvalue weighted by Crippen LogP contribution is 2.29. The molecule has 0 amide bonds. The zero-order chi connectivity index (χ0) is 10.4. The van der Waals surface area contributed by atoms with Gasteiger partial charge in [-0.15, -0.1) is 11.3 Å². The fourth-order valence-electron chi connectivity index (χ4n) is 1.76. The summed E-state index contributed by atoms with van der Waals surface area (Å²) in [6.07, 6.45) is 0. The van der Waals surface area contributed by atoms with E-state index in [0.29, 0.717) is 11.0 Å². The van der Waals surface area contributed by atoms with E-state index in [1.807, 2.05) is 37.3 Å². The lowest BCUT2D eigenvalue weighted by Crippen LogP contribution is -1.96. The monoisotopic (exact) mass is 216 g/mol. The third-order valence-corrected chi connectivity index (χ3v) is 3.49. The van der Waals surface area contributed by atoms with Crippen LogP contribution in [0.1, 0.15) is 4.88 Å². The second kappa shape index (κ2) is 2.94. The van der Waals surface area contributed by atoms with Crippen LogP contribution in [0.25, 0.3) is 21.1 Å². The molecule has 3 aromatic rings. The van der Waals surface area contributed by atoms with Crippen LogP contribution in [0.4, 0.5) is 0 Å². The highest BCUT2D eigenvalue weighted by molar-refractivity contribution is 7.20. The van der Waals surface area contributed by atoms with E-state index in [4.69, 9.17) is 4.42 Å². The SMILES string of the molecule is Cc1cc2c(=O)oc3ccccc3c2s1. The normalized spacial score (nSPS) is 11.3. The maximum absolute atomic E-state index is 11.6. The molecular weight excluding hydrogens is 208 g/mol. The second-order valence-electron chi connectivity index (χ2n) is 3.49. The Kier molecular flexibility index (Phi) is 1.70. The van der Waals surface area contributed by atoms with Crippen LogP contribution in [-0.2, 0) is 0 Å². The summed E-state index contributed by atoms with van der Waals surface area (Å²) in [5, 5.41) is 1.71. The molecule has 0 unspecified atom stereocenters. The average Bonchev–Trinajstić information content (AvgIpc) is 2.61. The van der Waals surface area contributed by atoms with Gasteiger partial charge in [-0.25, -0.2) is 4.79 Å². The summed E-state index contributed by atoms with van der Waals surface area (Å²) in [7, 11) is 0. The van der Waals surface area contributed by atoms with Gasteiger partial charge in [-0.3, -0.25) is 0 Å². The zero-order valence-electron chi connectivity index (χ0n) is 8.11. The van der Waals surface area contributed by atoms with Crippen LogP contribution in [0, 0.1) is 6.92 Å². The standard InChI is InChI=1S/C12H8O2S/c1-7-6-9-11(15-7)8-4-2-3-5-10(8)14-12(9)13/h2-6H,1H3. The van der Waals surface area contributed by atoms with Crippen LogP contribution in [0.2, 0.25) is 0 Å². The lowest BCUT2D eigenvalue weighted by Gasteiger charge is -1.96. The molecule has 3 heteroatoms. The Morgan fingerprint density at radius 1 is 1.20 bits per heavy atom. The molecule has 74 valence electrons. The maximum atomic E-state index is 11.6. The van der Waals surface area contributed by atoms with Gasteiger partial charge in [-0.1, -0.05) is 12.1 Å². The third kappa shape index (κ3) is 1.20. The Hall–Kier alpha value is -1.61. The van der Waals surface area contributed by atoms with Crippen molar-refractivity contribution < 1.29 is 4.42 Å². The minimum Gasteiger partial charge on any atom is -0.422 e. The molecule has 0 N–H and O–H groups in total. The summed E-state index contributed by atoms with van der Waals surface area (Å²) in [6.45, 7) is 2.00. The van der Waals surface area contributed by atoms with E-state index in [1.54, 1.807) is 11.3 Å². The lowest BCUT2D eigenvalue weighted by molar-refractivity contribution is 0.570. The molecule has 2 aromatic heterocycles. The van der Waals surface area contributed by atoms with Crippen LogP contribution in [0.15, 0.2) is 39.5 Å². The molecule has 0 saturated heterocycles. The van der Waals surface area contributed by atoms with E-state index in [2.05, 4.69) is 0 Å². The van der Waals surface area contributed by atoms with E-state index in [-0.39, 0.29) is 5.63 Å². The van der Waals surface area contributed by atoms with Crippen molar-refractivity contribution in [3.8, 4) is 0 Å². The summed E-state index contributed by atoms with van der Waals surface area (Å²) >= 11 is 1.64. The van der Waals surface area contributed by atoms with Gasteiger partial charge < -0.3 is 4.42 Å². The molecule has 0 radical (unpaired) electrons. The van der Waals surface area contributed by atoms with E-state index in [1.165, 1.54) is 0 Å². The summed E-state index contributed by atoms with van der Waals surface area (Å²) in [4.78, 5) is 12.8. The Morgan fingerprint density at radius 2 is 2.00 bits per heavy atom. The fraction of sp³-hybridized carbons (Fsp3) is 0.0833. The lowest BCUT2D eigenvalue weighted by atomic mass is 10.2. The fourth-order valence-corrected chi connectivity index (χ4v) is 2.79. The summed E-state index contributed by atoms with van der Waals surface area (Å²) in [6, 6.07) is 9.52. The largest absolute Gasteiger partial charge is 0.422 e. The summed E-state index contributed by atoms with van der Waals surface area (Å²) < 4.78 is 6.27. The Bertz CT molecular complexity index is 706. The van der Waals surface area contributed by atoms with Crippen LogP contribution < -0.4 is 5.63 Å². The molecule has 0 aliphatic heterocycles. The number of fused-ring (bicyclic) bond motifs is 3. The Balaban J connectivity index is 2.69. The van der Waals surface area contributed by atoms with Gasteiger partial charge in [0.15, 0.2) is 0 Å². The van der Waals surface area contributed by atoms with E-state index >= 15 is 0 Å². The van der Waals surface area contributed by atoms with E-state index < -0.39 is 0 Å². The first-order chi connectivity index (χ1) is 7.25. The van der Waals surface area contributed by atoms with Gasteiger partial charge in [0, 0.05) is 10.3 Å². The smallest absolute Gasteiger partial charge is 0.345 e. The molecule has 15 heavy (non-hydrogen) atoms. The molecule has 0 atom stereocenters. The highest BCUT2D eigenvalue weighted by atomic mass is 32.1. The number of hydrogen-bond acceptors (Lipinski definition) is 3. The number of thiophene rings is 1. The van der Waals surface area contributed by atoms with Gasteiger partial charge in [0.1, 0.15) is 5.58 Å². The van der Waals surface area contributed by atoms with Gasteiger partial charge in [-0.05, 0) is 25.1 Å². The Labute approximate surface area is 89.8 Å². The van der Waals surface area contributed by atoms with Gasteiger partial charge in [0.25, 0.3) is 0 Å². The predicted octanol–water partition coefficient (Wildman–Crippen LogP) is 3.32. The number of hydrogen-bond donors (Lipinski definition) is 0. The van der Waals surface area contributed by atoms with Crippen molar-refractivity contribution in [2.45, 2.75) is 6.92 Å². The first-order valence-electron chi connectivity index (χ1n) is 4.68. The first-order valence-corrected chi connectivity index (χ1v) is 5.49. The number of benzene rings is 1. The van der Waals surface area contributed by atoms with Crippen molar-refractivity contribution >= 4 is 32.4 Å². The quantitative estimate of drug-likeness (QED) is 0.539. The number of para-hydroxylation sites is 1. The average molecular weight is 216 g/mol. The summed E-state index contributed by atoms with van der Waals surface area (Å²) in [5.41, 5.74) is 0.421. The number of aryl methyl sites for hydroxylation is 1. The van der Waals surface area contributed by atoms with Gasteiger partial charge in [-0.2, -0.15) is 0 Å². The van der Waals surface area contributed by atoms with E-state index in [0.717, 1.165) is 15.0 Å². The van der Waals surface area contributed by atoms with Crippen LogP contribution in [-0.4, -0.2) is 0 Å². The molecule has 0 aliphatic rings. The molecule has 0 bridgehead atoms. The van der Waals surface area contributed by atoms with Crippen molar-refractivity contribution in [1.29, 1.82) is 0 Å². The molecule has 0 fully saturated rings. The molecular formula is C12H8O2S. The van der Waals surface area contributed by atoms with Crippen LogP contribution >= 0.6 is 11.3 Å². The summed E-state index contributed by atoms with van der Waals surface area (Å²) in [5.74, 6) is 0. The molecule has 0 saturated carbocycles. The van der Waals surface area contributed by atoms with Gasteiger partial charge in [0.05, 0.1) is 10.1 Å². The molecule has 3 rings (SSSR count).